The molecule has 0 unspecified atom stereocenters. The van der Waals surface area contributed by atoms with E-state index in [1.807, 2.05) is 31.2 Å². The highest BCUT2D eigenvalue weighted by atomic mass is 16.5. The predicted octanol–water partition coefficient (Wildman–Crippen LogP) is 4.48. The van der Waals surface area contributed by atoms with Crippen LogP contribution >= 0.6 is 0 Å². The lowest BCUT2D eigenvalue weighted by molar-refractivity contribution is -0.141. The fraction of sp³-hybridized carbons (Fsp3) is 0.462. The van der Waals surface area contributed by atoms with Gasteiger partial charge in [-0.15, -0.1) is 0 Å². The molecule has 1 N–H and O–H groups in total. The van der Waals surface area contributed by atoms with Crippen LogP contribution in [0.4, 0.5) is 0 Å². The first-order valence-electron chi connectivity index (χ1n) is 10.9. The molecule has 168 valence electrons. The van der Waals surface area contributed by atoms with Gasteiger partial charge in [0.25, 0.3) is 0 Å². The average Bonchev–Trinajstić information content (AvgIpc) is 2.76. The van der Waals surface area contributed by atoms with Crippen molar-refractivity contribution in [1.82, 2.24) is 10.2 Å². The lowest BCUT2D eigenvalue weighted by atomic mass is 9.86. The van der Waals surface area contributed by atoms with E-state index in [2.05, 4.69) is 50.4 Å². The molecule has 0 aliphatic carbocycles. The summed E-state index contributed by atoms with van der Waals surface area (Å²) in [6.45, 7) is 8.85. The number of carbonyl (C=O) groups is 2. The van der Waals surface area contributed by atoms with E-state index in [1.54, 1.807) is 19.1 Å². The number of nitrogens with one attached hydrogen (secondary N) is 1. The van der Waals surface area contributed by atoms with Gasteiger partial charge < -0.3 is 15.0 Å². The largest absolute Gasteiger partial charge is 0.497 e. The third-order valence-electron chi connectivity index (χ3n) is 5.57. The van der Waals surface area contributed by atoms with Crippen molar-refractivity contribution in [2.24, 2.45) is 0 Å². The van der Waals surface area contributed by atoms with E-state index in [-0.39, 0.29) is 17.2 Å². The van der Waals surface area contributed by atoms with Gasteiger partial charge in [-0.1, -0.05) is 64.1 Å². The summed E-state index contributed by atoms with van der Waals surface area (Å²) in [5.74, 6) is 0.559. The van der Waals surface area contributed by atoms with Crippen molar-refractivity contribution in [3.05, 3.63) is 65.2 Å². The molecule has 0 spiro atoms. The minimum atomic E-state index is -0.507. The van der Waals surface area contributed by atoms with Crippen molar-refractivity contribution in [2.75, 3.05) is 14.2 Å². The zero-order chi connectivity index (χ0) is 23.0. The monoisotopic (exact) mass is 424 g/mol. The van der Waals surface area contributed by atoms with Crippen LogP contribution in [0.15, 0.2) is 48.5 Å². The molecule has 31 heavy (non-hydrogen) atoms. The van der Waals surface area contributed by atoms with Gasteiger partial charge in [-0.25, -0.2) is 0 Å². The molecule has 0 fully saturated rings. The van der Waals surface area contributed by atoms with Crippen molar-refractivity contribution < 1.29 is 14.3 Å². The standard InChI is InChI=1S/C26H36N2O3/c1-7-23(25(30)27-5)28(18-20-9-8-10-22(17-20)31-6)24(29)16-13-19-11-14-21(15-12-19)26(2,3)4/h8-12,14-15,17,23H,7,13,16,18H2,1-6H3,(H,27,30)/t23-/m1/s1. The lowest BCUT2D eigenvalue weighted by Gasteiger charge is -2.30. The van der Waals surface area contributed by atoms with Crippen molar-refractivity contribution in [1.29, 1.82) is 0 Å². The molecule has 1 atom stereocenters. The summed E-state index contributed by atoms with van der Waals surface area (Å²) in [5, 5.41) is 2.70. The quantitative estimate of drug-likeness (QED) is 0.646. The molecule has 0 radical (unpaired) electrons. The second-order valence-electron chi connectivity index (χ2n) is 8.86. The smallest absolute Gasteiger partial charge is 0.242 e. The van der Waals surface area contributed by atoms with Gasteiger partial charge in [0.1, 0.15) is 11.8 Å². The Kier molecular flexibility index (Phi) is 8.66. The van der Waals surface area contributed by atoms with Crippen molar-refractivity contribution in [2.45, 2.75) is 65.0 Å². The third kappa shape index (κ3) is 6.84. The molecule has 2 rings (SSSR count). The van der Waals surface area contributed by atoms with Crippen LogP contribution < -0.4 is 10.1 Å². The number of likely N-dealkylation sites (N-methyl/N-ethyl adjacent to an activating group) is 1. The Bertz CT molecular complexity index is 869. The number of nitrogens with zero attached hydrogens (tertiary/aromatic N) is 1. The second kappa shape index (κ2) is 11.0. The minimum Gasteiger partial charge on any atom is -0.497 e. The fourth-order valence-electron chi connectivity index (χ4n) is 3.62. The van der Waals surface area contributed by atoms with Gasteiger partial charge >= 0.3 is 0 Å². The van der Waals surface area contributed by atoms with E-state index >= 15 is 0 Å². The van der Waals surface area contributed by atoms with E-state index in [9.17, 15) is 9.59 Å². The first-order chi connectivity index (χ1) is 14.7. The number of carbonyl (C=O) groups excluding carboxylic acids is 2. The van der Waals surface area contributed by atoms with Gasteiger partial charge in [0, 0.05) is 20.0 Å². The second-order valence-corrected chi connectivity index (χ2v) is 8.86. The van der Waals surface area contributed by atoms with Gasteiger partial charge in [0.2, 0.25) is 11.8 Å². The topological polar surface area (TPSA) is 58.6 Å². The molecule has 0 aliphatic heterocycles. The Morgan fingerprint density at radius 1 is 1.06 bits per heavy atom. The first kappa shape index (κ1) is 24.4. The maximum Gasteiger partial charge on any atom is 0.242 e. The molecule has 0 bridgehead atoms. The van der Waals surface area contributed by atoms with E-state index in [1.165, 1.54) is 5.56 Å². The predicted molar refractivity (Wildman–Crippen MR) is 125 cm³/mol. The summed E-state index contributed by atoms with van der Waals surface area (Å²) in [4.78, 5) is 27.4. The van der Waals surface area contributed by atoms with Gasteiger partial charge in [-0.2, -0.15) is 0 Å². The Morgan fingerprint density at radius 2 is 1.74 bits per heavy atom. The molecule has 5 nitrogen and oxygen atoms in total. The molecular weight excluding hydrogens is 388 g/mol. The van der Waals surface area contributed by atoms with Gasteiger partial charge in [-0.05, 0) is 47.1 Å². The Balaban J connectivity index is 2.17. The summed E-state index contributed by atoms with van der Waals surface area (Å²) in [6, 6.07) is 15.6. The molecule has 0 aliphatic rings. The normalized spacial score (nSPS) is 12.2. The summed E-state index contributed by atoms with van der Waals surface area (Å²) < 4.78 is 5.31. The van der Waals surface area contributed by atoms with Crippen LogP contribution in [-0.4, -0.2) is 36.9 Å². The van der Waals surface area contributed by atoms with E-state index < -0.39 is 6.04 Å². The van der Waals surface area contributed by atoms with Crippen LogP contribution in [0.5, 0.6) is 5.75 Å². The number of amides is 2. The molecule has 2 aromatic carbocycles. The third-order valence-corrected chi connectivity index (χ3v) is 5.57. The average molecular weight is 425 g/mol. The summed E-state index contributed by atoms with van der Waals surface area (Å²) in [5.41, 5.74) is 3.43. The van der Waals surface area contributed by atoms with Gasteiger partial charge in [0.15, 0.2) is 0 Å². The molecule has 0 heterocycles. The number of methoxy groups -OCH3 is 1. The summed E-state index contributed by atoms with van der Waals surface area (Å²) in [7, 11) is 3.22. The van der Waals surface area contributed by atoms with Crippen molar-refractivity contribution >= 4 is 11.8 Å². The molecule has 0 saturated heterocycles. The Labute approximate surface area is 186 Å². The van der Waals surface area contributed by atoms with E-state index in [0.29, 0.717) is 25.8 Å². The van der Waals surface area contributed by atoms with Crippen LogP contribution in [0.2, 0.25) is 0 Å². The molecular formula is C26H36N2O3. The number of hydrogen-bond donors (Lipinski definition) is 1. The van der Waals surface area contributed by atoms with Crippen LogP contribution in [-0.2, 0) is 28.0 Å². The highest BCUT2D eigenvalue weighted by Gasteiger charge is 2.27. The van der Waals surface area contributed by atoms with Crippen LogP contribution in [0, 0.1) is 0 Å². The Morgan fingerprint density at radius 3 is 2.29 bits per heavy atom. The zero-order valence-electron chi connectivity index (χ0n) is 19.7. The van der Waals surface area contributed by atoms with Crippen LogP contribution in [0.1, 0.15) is 57.2 Å². The highest BCUT2D eigenvalue weighted by Crippen LogP contribution is 2.23. The lowest BCUT2D eigenvalue weighted by Crippen LogP contribution is -2.48. The fourth-order valence-corrected chi connectivity index (χ4v) is 3.62. The van der Waals surface area contributed by atoms with Gasteiger partial charge in [-0.3, -0.25) is 9.59 Å². The van der Waals surface area contributed by atoms with Crippen LogP contribution in [0.3, 0.4) is 0 Å². The maximum absolute atomic E-state index is 13.2. The highest BCUT2D eigenvalue weighted by molar-refractivity contribution is 5.87. The van der Waals surface area contributed by atoms with Gasteiger partial charge in [0.05, 0.1) is 7.11 Å². The number of hydrogen-bond acceptors (Lipinski definition) is 3. The molecule has 0 saturated carbocycles. The van der Waals surface area contributed by atoms with E-state index in [0.717, 1.165) is 16.9 Å². The minimum absolute atomic E-state index is 0.0295. The SMILES string of the molecule is CC[C@H](C(=O)NC)N(Cc1cccc(OC)c1)C(=O)CCc1ccc(C(C)(C)C)cc1. The van der Waals surface area contributed by atoms with Crippen molar-refractivity contribution in [3.8, 4) is 5.75 Å². The number of aryl methyl sites for hydroxylation is 1. The molecule has 2 amide bonds. The molecule has 0 aromatic heterocycles. The summed E-state index contributed by atoms with van der Waals surface area (Å²) in [6.07, 6.45) is 1.55. The number of benzene rings is 2. The zero-order valence-corrected chi connectivity index (χ0v) is 19.7. The maximum atomic E-state index is 13.2. The van der Waals surface area contributed by atoms with E-state index in [4.69, 9.17) is 4.74 Å². The first-order valence-corrected chi connectivity index (χ1v) is 10.9. The molecule has 5 heteroatoms. The molecule has 2 aromatic rings. The Hall–Kier alpha value is -2.82. The summed E-state index contributed by atoms with van der Waals surface area (Å²) >= 11 is 0. The van der Waals surface area contributed by atoms with Crippen molar-refractivity contribution in [3.63, 3.8) is 0 Å². The van der Waals surface area contributed by atoms with Crippen LogP contribution in [0.25, 0.3) is 0 Å². The number of rotatable bonds is 9. The number of ether oxygens (including phenoxy) is 1.